The Labute approximate surface area is 134 Å². The first-order valence-electron chi connectivity index (χ1n) is 6.91. The number of halogens is 2. The van der Waals surface area contributed by atoms with Gasteiger partial charge in [0.05, 0.1) is 0 Å². The van der Waals surface area contributed by atoms with Crippen LogP contribution in [0.5, 0.6) is 0 Å². The number of piperidine rings is 1. The van der Waals surface area contributed by atoms with Gasteiger partial charge in [0.1, 0.15) is 0 Å². The lowest BCUT2D eigenvalue weighted by molar-refractivity contribution is 0.0642. The van der Waals surface area contributed by atoms with Crippen molar-refractivity contribution >= 4 is 34.2 Å². The number of nitrogens with one attached hydrogen (secondary N) is 1. The predicted octanol–water partition coefficient (Wildman–Crippen LogP) is 2.86. The molecule has 1 amide bonds. The molecular weight excluding hydrogens is 340 g/mol. The third kappa shape index (κ3) is 3.02. The zero-order valence-electron chi connectivity index (χ0n) is 11.6. The summed E-state index contributed by atoms with van der Waals surface area (Å²) in [4.78, 5) is 14.6. The second-order valence-corrected chi connectivity index (χ2v) is 6.54. The molecule has 1 N–H and O–H groups in total. The first kappa shape index (κ1) is 15.8. The number of nitrogens with zero attached hydrogens (tertiary/aromatic N) is 1. The molecule has 2 heterocycles. The summed E-state index contributed by atoms with van der Waals surface area (Å²) < 4.78 is 1.01. The highest BCUT2D eigenvalue weighted by Crippen LogP contribution is 2.28. The van der Waals surface area contributed by atoms with E-state index in [0.717, 1.165) is 54.1 Å². The molecule has 2 atom stereocenters. The van der Waals surface area contributed by atoms with Gasteiger partial charge in [-0.1, -0.05) is 22.0 Å². The van der Waals surface area contributed by atoms with Crippen molar-refractivity contribution in [3.8, 4) is 0 Å². The van der Waals surface area contributed by atoms with E-state index in [4.69, 9.17) is 0 Å². The minimum absolute atomic E-state index is 0. The Morgan fingerprint density at radius 2 is 2.10 bits per heavy atom. The number of fused-ring (bicyclic) bond motifs is 1. The van der Waals surface area contributed by atoms with E-state index in [-0.39, 0.29) is 18.3 Å². The number of aryl methyl sites for hydroxylation is 1. The summed E-state index contributed by atoms with van der Waals surface area (Å²) in [6, 6.07) is 5.87. The van der Waals surface area contributed by atoms with E-state index in [1.165, 1.54) is 0 Å². The molecule has 3 nitrogen and oxygen atoms in total. The van der Waals surface area contributed by atoms with Crippen molar-refractivity contribution in [2.75, 3.05) is 26.2 Å². The van der Waals surface area contributed by atoms with E-state index in [0.29, 0.717) is 5.92 Å². The summed E-state index contributed by atoms with van der Waals surface area (Å²) in [6.45, 7) is 6.03. The van der Waals surface area contributed by atoms with Crippen molar-refractivity contribution in [3.63, 3.8) is 0 Å². The minimum atomic E-state index is 0. The quantitative estimate of drug-likeness (QED) is 0.836. The fourth-order valence-corrected chi connectivity index (χ4v) is 3.51. The molecule has 0 spiro atoms. The molecule has 1 aromatic rings. The molecule has 110 valence electrons. The number of carbonyl (C=O) groups is 1. The first-order chi connectivity index (χ1) is 9.15. The van der Waals surface area contributed by atoms with Crippen LogP contribution in [-0.4, -0.2) is 37.0 Å². The summed E-state index contributed by atoms with van der Waals surface area (Å²) in [5, 5.41) is 3.43. The molecular formula is C15H20BrClN2O. The molecule has 3 rings (SSSR count). The summed E-state index contributed by atoms with van der Waals surface area (Å²) in [5.41, 5.74) is 1.96. The molecule has 1 aromatic carbocycles. The fraction of sp³-hybridized carbons (Fsp3) is 0.533. The van der Waals surface area contributed by atoms with E-state index >= 15 is 0 Å². The first-order valence-corrected chi connectivity index (χ1v) is 7.70. The summed E-state index contributed by atoms with van der Waals surface area (Å²) >= 11 is 3.50. The maximum absolute atomic E-state index is 12.5. The van der Waals surface area contributed by atoms with Crippen molar-refractivity contribution < 1.29 is 4.79 Å². The molecule has 5 heteroatoms. The average molecular weight is 360 g/mol. The lowest BCUT2D eigenvalue weighted by atomic mass is 9.88. The van der Waals surface area contributed by atoms with Gasteiger partial charge >= 0.3 is 0 Å². The van der Waals surface area contributed by atoms with E-state index in [2.05, 4.69) is 21.2 Å². The van der Waals surface area contributed by atoms with Gasteiger partial charge < -0.3 is 10.2 Å². The lowest BCUT2D eigenvalue weighted by Crippen LogP contribution is -2.43. The largest absolute Gasteiger partial charge is 0.338 e. The number of likely N-dealkylation sites (tertiary alicyclic amines) is 1. The predicted molar refractivity (Wildman–Crippen MR) is 86.5 cm³/mol. The van der Waals surface area contributed by atoms with Crippen LogP contribution in [-0.2, 0) is 0 Å². The summed E-state index contributed by atoms with van der Waals surface area (Å²) in [7, 11) is 0. The van der Waals surface area contributed by atoms with Crippen LogP contribution in [0.1, 0.15) is 22.3 Å². The number of amides is 1. The zero-order chi connectivity index (χ0) is 13.4. The smallest absolute Gasteiger partial charge is 0.253 e. The van der Waals surface area contributed by atoms with Crippen LogP contribution in [0.4, 0.5) is 0 Å². The molecule has 2 unspecified atom stereocenters. The molecule has 2 saturated heterocycles. The molecule has 0 aliphatic carbocycles. The lowest BCUT2D eigenvalue weighted by Gasteiger charge is -2.34. The minimum Gasteiger partial charge on any atom is -0.338 e. The second-order valence-electron chi connectivity index (χ2n) is 5.68. The van der Waals surface area contributed by atoms with Gasteiger partial charge in [-0.3, -0.25) is 4.79 Å². The van der Waals surface area contributed by atoms with E-state index in [1.54, 1.807) is 0 Å². The number of benzene rings is 1. The molecule has 0 saturated carbocycles. The van der Waals surface area contributed by atoms with Gasteiger partial charge in [-0.25, -0.2) is 0 Å². The fourth-order valence-electron chi connectivity index (χ4n) is 3.13. The summed E-state index contributed by atoms with van der Waals surface area (Å²) in [6.07, 6.45) is 1.14. The molecule has 0 bridgehead atoms. The van der Waals surface area contributed by atoms with Crippen LogP contribution in [0.3, 0.4) is 0 Å². The Morgan fingerprint density at radius 3 is 2.85 bits per heavy atom. The van der Waals surface area contributed by atoms with Crippen LogP contribution in [0.2, 0.25) is 0 Å². The van der Waals surface area contributed by atoms with Crippen LogP contribution < -0.4 is 5.32 Å². The Morgan fingerprint density at radius 1 is 1.35 bits per heavy atom. The maximum Gasteiger partial charge on any atom is 0.253 e. The standard InChI is InChI=1S/C15H19BrN2O.ClH/c1-10-2-3-11(6-14(10)16)15(19)18-5-4-12-7-17-8-13(12)9-18;/h2-3,6,12-13,17H,4-5,7-9H2,1H3;1H. The van der Waals surface area contributed by atoms with Crippen LogP contribution in [0.25, 0.3) is 0 Å². The van der Waals surface area contributed by atoms with E-state index < -0.39 is 0 Å². The maximum atomic E-state index is 12.5. The molecule has 0 aromatic heterocycles. The third-order valence-corrected chi connectivity index (χ3v) is 5.26. The van der Waals surface area contributed by atoms with Crippen LogP contribution in [0.15, 0.2) is 22.7 Å². The number of rotatable bonds is 1. The van der Waals surface area contributed by atoms with E-state index in [1.807, 2.05) is 30.0 Å². The van der Waals surface area contributed by atoms with Gasteiger partial charge in [-0.15, -0.1) is 12.4 Å². The van der Waals surface area contributed by atoms with Gasteiger partial charge in [0.2, 0.25) is 0 Å². The molecule has 0 radical (unpaired) electrons. The molecule has 20 heavy (non-hydrogen) atoms. The zero-order valence-corrected chi connectivity index (χ0v) is 14.0. The van der Waals surface area contributed by atoms with Gasteiger partial charge in [-0.2, -0.15) is 0 Å². The molecule has 2 fully saturated rings. The SMILES string of the molecule is Cc1ccc(C(=O)N2CCC3CNCC3C2)cc1Br.Cl. The van der Waals surface area contributed by atoms with Gasteiger partial charge in [-0.05, 0) is 56.0 Å². The van der Waals surface area contributed by atoms with Crippen molar-refractivity contribution in [2.45, 2.75) is 13.3 Å². The van der Waals surface area contributed by atoms with Crippen molar-refractivity contribution in [3.05, 3.63) is 33.8 Å². The molecule has 2 aliphatic heterocycles. The Kier molecular flexibility index (Phi) is 5.10. The second kappa shape index (κ2) is 6.46. The number of carbonyl (C=O) groups excluding carboxylic acids is 1. The number of hydrogen-bond acceptors (Lipinski definition) is 2. The normalized spacial score (nSPS) is 25.0. The highest BCUT2D eigenvalue weighted by atomic mass is 79.9. The average Bonchev–Trinajstić information content (AvgIpc) is 2.88. The monoisotopic (exact) mass is 358 g/mol. The Bertz CT molecular complexity index is 509. The van der Waals surface area contributed by atoms with Gasteiger partial charge in [0.15, 0.2) is 0 Å². The summed E-state index contributed by atoms with van der Waals surface area (Å²) in [5.74, 6) is 1.59. The van der Waals surface area contributed by atoms with E-state index in [9.17, 15) is 4.79 Å². The molecule has 2 aliphatic rings. The van der Waals surface area contributed by atoms with Crippen molar-refractivity contribution in [2.24, 2.45) is 11.8 Å². The topological polar surface area (TPSA) is 32.3 Å². The van der Waals surface area contributed by atoms with Crippen LogP contribution >= 0.6 is 28.3 Å². The van der Waals surface area contributed by atoms with Gasteiger partial charge in [0, 0.05) is 23.1 Å². The number of hydrogen-bond donors (Lipinski definition) is 1. The van der Waals surface area contributed by atoms with Crippen LogP contribution in [0, 0.1) is 18.8 Å². The van der Waals surface area contributed by atoms with Crippen molar-refractivity contribution in [1.82, 2.24) is 10.2 Å². The van der Waals surface area contributed by atoms with Gasteiger partial charge in [0.25, 0.3) is 5.91 Å². The Balaban J connectivity index is 0.00000147. The Hall–Kier alpha value is -0.580. The highest BCUT2D eigenvalue weighted by Gasteiger charge is 2.34. The highest BCUT2D eigenvalue weighted by molar-refractivity contribution is 9.10. The third-order valence-electron chi connectivity index (χ3n) is 4.41. The van der Waals surface area contributed by atoms with Crippen molar-refractivity contribution in [1.29, 1.82) is 0 Å².